The summed E-state index contributed by atoms with van der Waals surface area (Å²) in [5.41, 5.74) is 3.08. The minimum Gasteiger partial charge on any atom is -0.233 e. The molecule has 23 heavy (non-hydrogen) atoms. The first-order chi connectivity index (χ1) is 10.8. The van der Waals surface area contributed by atoms with E-state index in [1.165, 1.54) is 6.07 Å². The number of hydrogen-bond donors (Lipinski definition) is 0. The summed E-state index contributed by atoms with van der Waals surface area (Å²) in [6.45, 7) is 5.63. The van der Waals surface area contributed by atoms with Crippen LogP contribution >= 0.6 is 0 Å². The first-order valence-corrected chi connectivity index (χ1v) is 7.19. The molecule has 0 aliphatic heterocycles. The molecule has 0 unspecified atom stereocenters. The van der Waals surface area contributed by atoms with Crippen molar-refractivity contribution in [3.8, 4) is 11.3 Å². The third-order valence-corrected chi connectivity index (χ3v) is 3.71. The van der Waals surface area contributed by atoms with Crippen molar-refractivity contribution in [2.45, 2.75) is 26.9 Å². The van der Waals surface area contributed by atoms with Crippen LogP contribution in [0.25, 0.3) is 22.2 Å². The Hall–Kier alpha value is -2.43. The highest BCUT2D eigenvalue weighted by atomic mass is 19.4. The van der Waals surface area contributed by atoms with Gasteiger partial charge in [0.1, 0.15) is 5.82 Å². The maximum absolute atomic E-state index is 13.0. The third kappa shape index (κ3) is 2.91. The minimum absolute atomic E-state index is 0.445. The standard InChI is InChI=1S/C18H15F3N2/c1-10-7-11(2)16-15(8-10)17(23-12(3)22-16)13-5-4-6-14(9-13)18(19,20)21/h4-9H,1-3H3. The lowest BCUT2D eigenvalue weighted by Crippen LogP contribution is -2.05. The molecule has 0 amide bonds. The van der Waals surface area contributed by atoms with E-state index in [1.54, 1.807) is 13.0 Å². The lowest BCUT2D eigenvalue weighted by Gasteiger charge is -2.12. The topological polar surface area (TPSA) is 25.8 Å². The number of aromatic nitrogens is 2. The molecule has 0 radical (unpaired) electrons. The first kappa shape index (κ1) is 15.5. The van der Waals surface area contributed by atoms with Crippen molar-refractivity contribution in [2.75, 3.05) is 0 Å². The largest absolute Gasteiger partial charge is 0.416 e. The summed E-state index contributed by atoms with van der Waals surface area (Å²) in [5, 5.41) is 0.771. The van der Waals surface area contributed by atoms with Crippen molar-refractivity contribution < 1.29 is 13.2 Å². The summed E-state index contributed by atoms with van der Waals surface area (Å²) in [5.74, 6) is 0.539. The molecule has 1 heterocycles. The Morgan fingerprint density at radius 1 is 0.913 bits per heavy atom. The molecule has 118 valence electrons. The van der Waals surface area contributed by atoms with Crippen LogP contribution in [-0.2, 0) is 6.18 Å². The van der Waals surface area contributed by atoms with Crippen LogP contribution in [0.4, 0.5) is 13.2 Å². The van der Waals surface area contributed by atoms with Crippen LogP contribution in [0.1, 0.15) is 22.5 Å². The molecule has 0 spiro atoms. The Morgan fingerprint density at radius 2 is 1.65 bits per heavy atom. The zero-order valence-electron chi connectivity index (χ0n) is 13.0. The van der Waals surface area contributed by atoms with E-state index < -0.39 is 11.7 Å². The smallest absolute Gasteiger partial charge is 0.233 e. The Balaban J connectivity index is 2.32. The Labute approximate surface area is 132 Å². The van der Waals surface area contributed by atoms with E-state index in [0.29, 0.717) is 17.1 Å². The molecule has 0 bridgehead atoms. The zero-order valence-corrected chi connectivity index (χ0v) is 13.0. The van der Waals surface area contributed by atoms with Gasteiger partial charge in [-0.2, -0.15) is 13.2 Å². The molecule has 0 saturated carbocycles. The van der Waals surface area contributed by atoms with Crippen molar-refractivity contribution in [3.63, 3.8) is 0 Å². The normalized spacial score (nSPS) is 11.9. The fraction of sp³-hybridized carbons (Fsp3) is 0.222. The SMILES string of the molecule is Cc1cc(C)c2nc(C)nc(-c3cccc(C(F)(F)F)c3)c2c1. The molecule has 2 aromatic carbocycles. The molecule has 0 aliphatic carbocycles. The Kier molecular flexibility index (Phi) is 3.59. The average molecular weight is 316 g/mol. The van der Waals surface area contributed by atoms with E-state index >= 15 is 0 Å². The summed E-state index contributed by atoms with van der Waals surface area (Å²) in [7, 11) is 0. The van der Waals surface area contributed by atoms with Crippen LogP contribution < -0.4 is 0 Å². The molecular formula is C18H15F3N2. The summed E-state index contributed by atoms with van der Waals surface area (Å²) < 4.78 is 38.9. The number of alkyl halides is 3. The van der Waals surface area contributed by atoms with E-state index in [9.17, 15) is 13.2 Å². The summed E-state index contributed by atoms with van der Waals surface area (Å²) in [6, 6.07) is 9.18. The van der Waals surface area contributed by atoms with Crippen LogP contribution in [0.15, 0.2) is 36.4 Å². The van der Waals surface area contributed by atoms with Gasteiger partial charge in [0.05, 0.1) is 16.8 Å². The predicted octanol–water partition coefficient (Wildman–Crippen LogP) is 5.24. The maximum atomic E-state index is 13.0. The van der Waals surface area contributed by atoms with Gasteiger partial charge in [-0.15, -0.1) is 0 Å². The number of aryl methyl sites for hydroxylation is 3. The van der Waals surface area contributed by atoms with Gasteiger partial charge in [-0.3, -0.25) is 0 Å². The highest BCUT2D eigenvalue weighted by molar-refractivity contribution is 5.94. The number of rotatable bonds is 1. The molecule has 3 rings (SSSR count). The van der Waals surface area contributed by atoms with Gasteiger partial charge < -0.3 is 0 Å². The highest BCUT2D eigenvalue weighted by Crippen LogP contribution is 2.34. The average Bonchev–Trinajstić information content (AvgIpc) is 2.47. The summed E-state index contributed by atoms with van der Waals surface area (Å²) in [6.07, 6.45) is -4.38. The number of benzene rings is 2. The highest BCUT2D eigenvalue weighted by Gasteiger charge is 2.30. The summed E-state index contributed by atoms with van der Waals surface area (Å²) >= 11 is 0. The second-order valence-electron chi connectivity index (χ2n) is 5.68. The predicted molar refractivity (Wildman–Crippen MR) is 84.2 cm³/mol. The second kappa shape index (κ2) is 5.33. The van der Waals surface area contributed by atoms with E-state index in [0.717, 1.165) is 34.2 Å². The third-order valence-electron chi connectivity index (χ3n) is 3.71. The van der Waals surface area contributed by atoms with Crippen molar-refractivity contribution in [1.29, 1.82) is 0 Å². The van der Waals surface area contributed by atoms with Gasteiger partial charge in [0.25, 0.3) is 0 Å². The van der Waals surface area contributed by atoms with Gasteiger partial charge in [0, 0.05) is 10.9 Å². The van der Waals surface area contributed by atoms with Gasteiger partial charge in [-0.05, 0) is 44.5 Å². The van der Waals surface area contributed by atoms with E-state index in [1.807, 2.05) is 26.0 Å². The quantitative estimate of drug-likeness (QED) is 0.613. The number of hydrogen-bond acceptors (Lipinski definition) is 2. The van der Waals surface area contributed by atoms with Gasteiger partial charge in [-0.25, -0.2) is 9.97 Å². The van der Waals surface area contributed by atoms with Crippen molar-refractivity contribution in [2.24, 2.45) is 0 Å². The van der Waals surface area contributed by atoms with Crippen LogP contribution in [-0.4, -0.2) is 9.97 Å². The monoisotopic (exact) mass is 316 g/mol. The van der Waals surface area contributed by atoms with E-state index in [-0.39, 0.29) is 0 Å². The molecule has 0 aliphatic rings. The molecule has 0 fully saturated rings. The first-order valence-electron chi connectivity index (χ1n) is 7.19. The van der Waals surface area contributed by atoms with Gasteiger partial charge in [-0.1, -0.05) is 23.8 Å². The Bertz CT molecular complexity index is 899. The molecule has 0 atom stereocenters. The zero-order chi connectivity index (χ0) is 16.8. The number of nitrogens with zero attached hydrogens (tertiary/aromatic N) is 2. The van der Waals surface area contributed by atoms with E-state index in [4.69, 9.17) is 0 Å². The van der Waals surface area contributed by atoms with Gasteiger partial charge in [0.2, 0.25) is 0 Å². The fourth-order valence-corrected chi connectivity index (χ4v) is 2.76. The van der Waals surface area contributed by atoms with Gasteiger partial charge in [0.15, 0.2) is 0 Å². The molecule has 5 heteroatoms. The maximum Gasteiger partial charge on any atom is 0.416 e. The molecular weight excluding hydrogens is 301 g/mol. The van der Waals surface area contributed by atoms with Crippen LogP contribution in [0.2, 0.25) is 0 Å². The molecule has 0 N–H and O–H groups in total. The minimum atomic E-state index is -4.38. The van der Waals surface area contributed by atoms with Crippen molar-refractivity contribution >= 4 is 10.9 Å². The van der Waals surface area contributed by atoms with Gasteiger partial charge >= 0.3 is 6.18 Å². The van der Waals surface area contributed by atoms with Crippen LogP contribution in [0.3, 0.4) is 0 Å². The fourth-order valence-electron chi connectivity index (χ4n) is 2.76. The molecule has 1 aromatic heterocycles. The van der Waals surface area contributed by atoms with Crippen molar-refractivity contribution in [3.05, 3.63) is 58.9 Å². The molecule has 0 saturated heterocycles. The molecule has 3 aromatic rings. The second-order valence-corrected chi connectivity index (χ2v) is 5.68. The number of halogens is 3. The lowest BCUT2D eigenvalue weighted by molar-refractivity contribution is -0.137. The Morgan fingerprint density at radius 3 is 2.35 bits per heavy atom. The van der Waals surface area contributed by atoms with Crippen molar-refractivity contribution in [1.82, 2.24) is 9.97 Å². The van der Waals surface area contributed by atoms with Crippen LogP contribution in [0.5, 0.6) is 0 Å². The summed E-state index contributed by atoms with van der Waals surface area (Å²) in [4.78, 5) is 8.84. The van der Waals surface area contributed by atoms with Crippen LogP contribution in [0, 0.1) is 20.8 Å². The lowest BCUT2D eigenvalue weighted by atomic mass is 10.0. The van der Waals surface area contributed by atoms with E-state index in [2.05, 4.69) is 9.97 Å². The molecule has 2 nitrogen and oxygen atoms in total. The number of fused-ring (bicyclic) bond motifs is 1.